The van der Waals surface area contributed by atoms with E-state index in [1.165, 1.54) is 0 Å². The number of anilines is 1. The smallest absolute Gasteiger partial charge is 0.228 e. The molecule has 0 spiro atoms. The second-order valence-electron chi connectivity index (χ2n) is 2.95. The van der Waals surface area contributed by atoms with Crippen molar-refractivity contribution in [3.63, 3.8) is 0 Å². The molecule has 0 radical (unpaired) electrons. The van der Waals surface area contributed by atoms with Crippen molar-refractivity contribution >= 4 is 29.2 Å². The van der Waals surface area contributed by atoms with Gasteiger partial charge in [0.15, 0.2) is 0 Å². The van der Waals surface area contributed by atoms with Crippen LogP contribution < -0.4 is 5.32 Å². The first-order valence-electron chi connectivity index (χ1n) is 4.52. The molecule has 0 bridgehead atoms. The number of nitrogens with one attached hydrogen (secondary N) is 2. The van der Waals surface area contributed by atoms with Gasteiger partial charge in [-0.2, -0.15) is 15.0 Å². The zero-order valence-corrected chi connectivity index (χ0v) is 9.63. The molecular weight excluding hydrogens is 251 g/mol. The Bertz CT molecular complexity index is 437. The monoisotopic (exact) mass is 258 g/mol. The molecule has 6 nitrogen and oxygen atoms in total. The lowest BCUT2D eigenvalue weighted by Gasteiger charge is -2.03. The number of halogens is 2. The van der Waals surface area contributed by atoms with Crippen LogP contribution in [0.1, 0.15) is 5.69 Å². The van der Waals surface area contributed by atoms with Crippen LogP contribution in [0.25, 0.3) is 0 Å². The fourth-order valence-corrected chi connectivity index (χ4v) is 1.50. The number of imidazole rings is 1. The van der Waals surface area contributed by atoms with Crippen LogP contribution in [0.3, 0.4) is 0 Å². The van der Waals surface area contributed by atoms with Gasteiger partial charge in [0, 0.05) is 24.9 Å². The van der Waals surface area contributed by atoms with Gasteiger partial charge in [-0.25, -0.2) is 4.98 Å². The number of hydrogen-bond acceptors (Lipinski definition) is 5. The molecule has 0 aliphatic carbocycles. The average molecular weight is 259 g/mol. The van der Waals surface area contributed by atoms with Crippen LogP contribution in [0, 0.1) is 0 Å². The number of hydrogen-bond donors (Lipinski definition) is 2. The lowest BCUT2D eigenvalue weighted by atomic mass is 10.3. The number of aromatic nitrogens is 5. The Labute approximate surface area is 101 Å². The summed E-state index contributed by atoms with van der Waals surface area (Å²) in [6.45, 7) is 0.652. The van der Waals surface area contributed by atoms with Crippen LogP contribution >= 0.6 is 23.2 Å². The Morgan fingerprint density at radius 1 is 1.19 bits per heavy atom. The predicted molar refractivity (Wildman–Crippen MR) is 60.6 cm³/mol. The van der Waals surface area contributed by atoms with Gasteiger partial charge in [-0.05, 0) is 23.2 Å². The maximum absolute atomic E-state index is 5.63. The van der Waals surface area contributed by atoms with Crippen LogP contribution in [0.2, 0.25) is 10.6 Å². The third-order valence-electron chi connectivity index (χ3n) is 1.81. The number of rotatable bonds is 4. The van der Waals surface area contributed by atoms with Gasteiger partial charge in [0.05, 0.1) is 6.33 Å². The first-order chi connectivity index (χ1) is 7.74. The maximum atomic E-state index is 5.63. The zero-order chi connectivity index (χ0) is 11.4. The van der Waals surface area contributed by atoms with Crippen molar-refractivity contribution in [2.45, 2.75) is 6.42 Å². The summed E-state index contributed by atoms with van der Waals surface area (Å²) in [5, 5.41) is 3.13. The van der Waals surface area contributed by atoms with E-state index in [1.807, 2.05) is 0 Å². The highest BCUT2D eigenvalue weighted by Crippen LogP contribution is 2.09. The Balaban J connectivity index is 1.89. The van der Waals surface area contributed by atoms with E-state index in [2.05, 4.69) is 30.2 Å². The Kier molecular flexibility index (Phi) is 3.53. The maximum Gasteiger partial charge on any atom is 0.228 e. The molecule has 0 saturated carbocycles. The molecule has 84 valence electrons. The summed E-state index contributed by atoms with van der Waals surface area (Å²) >= 11 is 11.3. The van der Waals surface area contributed by atoms with Gasteiger partial charge in [0.2, 0.25) is 16.5 Å². The van der Waals surface area contributed by atoms with Crippen molar-refractivity contribution in [2.24, 2.45) is 0 Å². The Hall–Kier alpha value is -1.40. The van der Waals surface area contributed by atoms with Crippen molar-refractivity contribution in [3.05, 3.63) is 28.8 Å². The topological polar surface area (TPSA) is 79.4 Å². The van der Waals surface area contributed by atoms with Crippen LogP contribution in [-0.2, 0) is 6.42 Å². The molecule has 2 aromatic rings. The molecule has 0 aromatic carbocycles. The van der Waals surface area contributed by atoms with Gasteiger partial charge in [-0.1, -0.05) is 0 Å². The van der Waals surface area contributed by atoms with Gasteiger partial charge in [0.25, 0.3) is 0 Å². The van der Waals surface area contributed by atoms with E-state index in [4.69, 9.17) is 23.2 Å². The van der Waals surface area contributed by atoms with Crippen molar-refractivity contribution < 1.29 is 0 Å². The van der Waals surface area contributed by atoms with E-state index in [9.17, 15) is 0 Å². The van der Waals surface area contributed by atoms with Crippen LogP contribution in [-0.4, -0.2) is 31.5 Å². The van der Waals surface area contributed by atoms with E-state index in [0.29, 0.717) is 12.5 Å². The molecule has 0 atom stereocenters. The number of aromatic amines is 1. The van der Waals surface area contributed by atoms with Crippen LogP contribution in [0.5, 0.6) is 0 Å². The molecule has 0 unspecified atom stereocenters. The number of H-pyrrole nitrogens is 1. The first kappa shape index (κ1) is 11.1. The average Bonchev–Trinajstić information content (AvgIpc) is 2.69. The highest BCUT2D eigenvalue weighted by atomic mass is 35.5. The molecular formula is C8H8Cl2N6. The summed E-state index contributed by atoms with van der Waals surface area (Å²) in [6, 6.07) is 0. The molecule has 2 rings (SSSR count). The Morgan fingerprint density at radius 3 is 2.56 bits per heavy atom. The van der Waals surface area contributed by atoms with Crippen molar-refractivity contribution in [3.8, 4) is 0 Å². The molecule has 0 aliphatic heterocycles. The minimum Gasteiger partial charge on any atom is -0.354 e. The van der Waals surface area contributed by atoms with E-state index >= 15 is 0 Å². The molecule has 0 amide bonds. The first-order valence-corrected chi connectivity index (χ1v) is 5.28. The van der Waals surface area contributed by atoms with E-state index in [-0.39, 0.29) is 10.6 Å². The lowest BCUT2D eigenvalue weighted by molar-refractivity contribution is 0.940. The van der Waals surface area contributed by atoms with Gasteiger partial charge in [-0.3, -0.25) is 0 Å². The van der Waals surface area contributed by atoms with E-state index in [1.54, 1.807) is 12.5 Å². The molecule has 2 aromatic heterocycles. The molecule has 2 heterocycles. The normalized spacial score (nSPS) is 10.4. The summed E-state index contributed by atoms with van der Waals surface area (Å²) < 4.78 is 0. The van der Waals surface area contributed by atoms with Crippen molar-refractivity contribution in [2.75, 3.05) is 11.9 Å². The second kappa shape index (κ2) is 5.09. The molecule has 16 heavy (non-hydrogen) atoms. The molecule has 8 heteroatoms. The minimum absolute atomic E-state index is 0.0732. The van der Waals surface area contributed by atoms with Gasteiger partial charge in [-0.15, -0.1) is 0 Å². The highest BCUT2D eigenvalue weighted by molar-refractivity contribution is 6.31. The van der Waals surface area contributed by atoms with E-state index in [0.717, 1.165) is 12.1 Å². The Morgan fingerprint density at radius 2 is 1.94 bits per heavy atom. The van der Waals surface area contributed by atoms with Crippen LogP contribution in [0.15, 0.2) is 12.5 Å². The SMILES string of the molecule is Clc1nc(Cl)nc(NCCc2cnc[nH]2)n1. The highest BCUT2D eigenvalue weighted by Gasteiger charge is 2.02. The molecule has 0 aliphatic rings. The molecule has 2 N–H and O–H groups in total. The summed E-state index contributed by atoms with van der Waals surface area (Å²) in [5.41, 5.74) is 1.03. The zero-order valence-electron chi connectivity index (χ0n) is 8.11. The fraction of sp³-hybridized carbons (Fsp3) is 0.250. The van der Waals surface area contributed by atoms with Crippen LogP contribution in [0.4, 0.5) is 5.95 Å². The summed E-state index contributed by atoms with van der Waals surface area (Å²) in [6.07, 6.45) is 4.17. The minimum atomic E-state index is 0.0732. The third kappa shape index (κ3) is 3.04. The largest absolute Gasteiger partial charge is 0.354 e. The summed E-state index contributed by atoms with van der Waals surface area (Å²) in [7, 11) is 0. The predicted octanol–water partition coefficient (Wildman–Crippen LogP) is 1.56. The summed E-state index contributed by atoms with van der Waals surface area (Å²) in [5.74, 6) is 0.365. The quantitative estimate of drug-likeness (QED) is 0.870. The van der Waals surface area contributed by atoms with Gasteiger partial charge >= 0.3 is 0 Å². The second-order valence-corrected chi connectivity index (χ2v) is 3.63. The van der Waals surface area contributed by atoms with E-state index < -0.39 is 0 Å². The van der Waals surface area contributed by atoms with Gasteiger partial charge < -0.3 is 10.3 Å². The molecule has 0 fully saturated rings. The summed E-state index contributed by atoms with van der Waals surface area (Å²) in [4.78, 5) is 18.3. The number of nitrogens with zero attached hydrogens (tertiary/aromatic N) is 4. The lowest BCUT2D eigenvalue weighted by Crippen LogP contribution is -2.08. The van der Waals surface area contributed by atoms with Crippen molar-refractivity contribution in [1.29, 1.82) is 0 Å². The standard InChI is InChI=1S/C8H8Cl2N6/c9-6-14-7(10)16-8(15-6)12-2-1-5-3-11-4-13-5/h3-4H,1-2H2,(H,11,13)(H,12,14,15,16). The third-order valence-corrected chi connectivity index (χ3v) is 2.15. The fourth-order valence-electron chi connectivity index (χ4n) is 1.14. The van der Waals surface area contributed by atoms with Gasteiger partial charge in [0.1, 0.15) is 0 Å². The van der Waals surface area contributed by atoms with Crippen molar-refractivity contribution in [1.82, 2.24) is 24.9 Å². The molecule has 0 saturated heterocycles.